The van der Waals surface area contributed by atoms with Crippen molar-refractivity contribution >= 4 is 35.6 Å². The number of nitrogens with one attached hydrogen (secondary N) is 4. The summed E-state index contributed by atoms with van der Waals surface area (Å²) in [6, 6.07) is -4.38. The number of carboxylic acid groups (broad SMARTS) is 2. The Morgan fingerprint density at radius 2 is 1.68 bits per heavy atom. The molecule has 3 amide bonds. The van der Waals surface area contributed by atoms with Crippen LogP contribution in [0.25, 0.3) is 0 Å². The van der Waals surface area contributed by atoms with Gasteiger partial charge in [-0.2, -0.15) is 0 Å². The molecule has 0 spiro atoms. The maximum atomic E-state index is 13.0. The van der Waals surface area contributed by atoms with E-state index in [1.54, 1.807) is 13.8 Å². The van der Waals surface area contributed by atoms with E-state index in [9.17, 15) is 34.2 Å². The Morgan fingerprint density at radius 1 is 1.03 bits per heavy atom. The third kappa shape index (κ3) is 10.0. The van der Waals surface area contributed by atoms with Gasteiger partial charge >= 0.3 is 11.9 Å². The molecular weight excluding hydrogens is 450 g/mol. The van der Waals surface area contributed by atoms with Crippen LogP contribution in [0.15, 0.2) is 4.99 Å². The molecule has 1 rings (SSSR count). The summed E-state index contributed by atoms with van der Waals surface area (Å²) in [6.07, 6.45) is 1.07. The first-order valence-corrected chi connectivity index (χ1v) is 11.1. The van der Waals surface area contributed by atoms with Crippen LogP contribution in [0.3, 0.4) is 0 Å². The molecule has 10 N–H and O–H groups in total. The summed E-state index contributed by atoms with van der Waals surface area (Å²) in [6.45, 7) is 4.00. The fourth-order valence-corrected chi connectivity index (χ4v) is 3.38. The van der Waals surface area contributed by atoms with Gasteiger partial charge in [0, 0.05) is 6.54 Å². The zero-order valence-corrected chi connectivity index (χ0v) is 19.4. The maximum absolute atomic E-state index is 13.0. The van der Waals surface area contributed by atoms with Crippen LogP contribution in [-0.4, -0.2) is 83.1 Å². The number of aliphatic carboxylic acids is 2. The lowest BCUT2D eigenvalue weighted by Crippen LogP contribution is -2.58. The van der Waals surface area contributed by atoms with Crippen LogP contribution in [0.2, 0.25) is 0 Å². The first-order valence-electron chi connectivity index (χ1n) is 11.1. The van der Waals surface area contributed by atoms with Crippen molar-refractivity contribution in [2.24, 2.45) is 22.4 Å². The number of carbonyl (C=O) groups is 5. The summed E-state index contributed by atoms with van der Waals surface area (Å²) in [4.78, 5) is 64.6. The van der Waals surface area contributed by atoms with Gasteiger partial charge in [-0.15, -0.1) is 0 Å². The van der Waals surface area contributed by atoms with E-state index in [1.807, 2.05) is 0 Å². The number of guanidine groups is 1. The number of carbonyl (C=O) groups excluding carboxylic acids is 3. The third-order valence-electron chi connectivity index (χ3n) is 5.20. The predicted molar refractivity (Wildman–Crippen MR) is 121 cm³/mol. The first kappa shape index (κ1) is 28.6. The molecule has 0 aromatic carbocycles. The zero-order valence-electron chi connectivity index (χ0n) is 19.4. The smallest absolute Gasteiger partial charge is 0.326 e. The molecule has 0 radical (unpaired) electrons. The molecule has 14 nitrogen and oxygen atoms in total. The fourth-order valence-electron chi connectivity index (χ4n) is 3.38. The van der Waals surface area contributed by atoms with Crippen molar-refractivity contribution < 1.29 is 34.2 Å². The molecule has 0 aliphatic carbocycles. The van der Waals surface area contributed by atoms with Crippen LogP contribution in [0.5, 0.6) is 0 Å². The molecule has 0 aromatic heterocycles. The molecule has 0 bridgehead atoms. The molecule has 14 heteroatoms. The molecule has 1 aliphatic rings. The van der Waals surface area contributed by atoms with Crippen LogP contribution >= 0.6 is 0 Å². The molecule has 1 heterocycles. The summed E-state index contributed by atoms with van der Waals surface area (Å²) in [5.41, 5.74) is 10.6. The molecular formula is C20H35N7O7. The monoisotopic (exact) mass is 485 g/mol. The molecule has 1 aliphatic heterocycles. The number of aliphatic imine (C=N–C) groups is 1. The summed E-state index contributed by atoms with van der Waals surface area (Å²) in [5, 5.41) is 28.7. The predicted octanol–water partition coefficient (Wildman–Crippen LogP) is -2.54. The Hall–Kier alpha value is -3.42. The van der Waals surface area contributed by atoms with Crippen molar-refractivity contribution in [3.8, 4) is 0 Å². The van der Waals surface area contributed by atoms with Gasteiger partial charge in [0.1, 0.15) is 18.1 Å². The van der Waals surface area contributed by atoms with Crippen molar-refractivity contribution in [2.75, 3.05) is 13.1 Å². The van der Waals surface area contributed by atoms with Gasteiger partial charge < -0.3 is 42.9 Å². The number of nitrogens with zero attached hydrogens (tertiary/aromatic N) is 1. The van der Waals surface area contributed by atoms with Gasteiger partial charge in [0.2, 0.25) is 17.7 Å². The van der Waals surface area contributed by atoms with Gasteiger partial charge in [-0.25, -0.2) is 4.79 Å². The van der Waals surface area contributed by atoms with Gasteiger partial charge in [0.25, 0.3) is 0 Å². The van der Waals surface area contributed by atoms with Gasteiger partial charge in [-0.1, -0.05) is 13.8 Å². The van der Waals surface area contributed by atoms with Gasteiger partial charge in [-0.3, -0.25) is 24.2 Å². The third-order valence-corrected chi connectivity index (χ3v) is 5.20. The quantitative estimate of drug-likeness (QED) is 0.0728. The van der Waals surface area contributed by atoms with E-state index < -0.39 is 66.2 Å². The Bertz CT molecular complexity index is 777. The van der Waals surface area contributed by atoms with Gasteiger partial charge in [-0.05, 0) is 38.1 Å². The fraction of sp³-hybridized carbons (Fsp3) is 0.700. The lowest BCUT2D eigenvalue weighted by molar-refractivity contribution is -0.144. The molecule has 4 atom stereocenters. The highest BCUT2D eigenvalue weighted by molar-refractivity contribution is 5.95. The molecule has 192 valence electrons. The summed E-state index contributed by atoms with van der Waals surface area (Å²) in [7, 11) is 0. The number of hydrogen-bond donors (Lipinski definition) is 8. The summed E-state index contributed by atoms with van der Waals surface area (Å²) >= 11 is 0. The molecule has 0 saturated carbocycles. The molecule has 4 unspecified atom stereocenters. The molecule has 34 heavy (non-hydrogen) atoms. The van der Waals surface area contributed by atoms with Crippen LogP contribution < -0.4 is 32.7 Å². The normalized spacial score (nSPS) is 17.8. The summed E-state index contributed by atoms with van der Waals surface area (Å²) in [5.74, 6) is -5.42. The van der Waals surface area contributed by atoms with E-state index in [0.29, 0.717) is 19.4 Å². The van der Waals surface area contributed by atoms with E-state index in [2.05, 4.69) is 26.3 Å². The summed E-state index contributed by atoms with van der Waals surface area (Å²) < 4.78 is 0. The highest BCUT2D eigenvalue weighted by Gasteiger charge is 2.33. The van der Waals surface area contributed by atoms with Crippen molar-refractivity contribution in [2.45, 2.75) is 70.1 Å². The minimum absolute atomic E-state index is 0.117. The Labute approximate surface area is 197 Å². The minimum Gasteiger partial charge on any atom is -0.481 e. The maximum Gasteiger partial charge on any atom is 0.326 e. The molecule has 0 aromatic rings. The van der Waals surface area contributed by atoms with Crippen LogP contribution in [0.4, 0.5) is 0 Å². The second-order valence-corrected chi connectivity index (χ2v) is 8.39. The average molecular weight is 486 g/mol. The highest BCUT2D eigenvalue weighted by Crippen LogP contribution is 2.08. The van der Waals surface area contributed by atoms with Crippen molar-refractivity contribution in [1.29, 1.82) is 0 Å². The van der Waals surface area contributed by atoms with E-state index in [4.69, 9.17) is 11.5 Å². The van der Waals surface area contributed by atoms with Crippen molar-refractivity contribution in [1.82, 2.24) is 21.3 Å². The number of nitrogens with two attached hydrogens (primary N) is 2. The lowest BCUT2D eigenvalue weighted by atomic mass is 10.0. The van der Waals surface area contributed by atoms with Crippen molar-refractivity contribution in [3.63, 3.8) is 0 Å². The van der Waals surface area contributed by atoms with Crippen LogP contribution in [-0.2, 0) is 24.0 Å². The second kappa shape index (κ2) is 14.0. The van der Waals surface area contributed by atoms with E-state index >= 15 is 0 Å². The van der Waals surface area contributed by atoms with Gasteiger partial charge in [0.05, 0.1) is 12.5 Å². The largest absolute Gasteiger partial charge is 0.481 e. The lowest BCUT2D eigenvalue weighted by Gasteiger charge is -2.25. The number of amides is 3. The Kier molecular flexibility index (Phi) is 11.8. The van der Waals surface area contributed by atoms with E-state index in [-0.39, 0.29) is 18.9 Å². The minimum atomic E-state index is -1.55. The Balaban J connectivity index is 2.96. The number of carboxylic acids is 2. The first-order chi connectivity index (χ1) is 15.9. The van der Waals surface area contributed by atoms with Gasteiger partial charge in [0.15, 0.2) is 5.96 Å². The van der Waals surface area contributed by atoms with E-state index in [1.165, 1.54) is 0 Å². The number of hydrogen-bond acceptors (Lipinski definition) is 7. The Morgan fingerprint density at radius 3 is 2.18 bits per heavy atom. The van der Waals surface area contributed by atoms with Crippen molar-refractivity contribution in [3.05, 3.63) is 0 Å². The van der Waals surface area contributed by atoms with Crippen LogP contribution in [0, 0.1) is 5.92 Å². The number of rotatable bonds is 14. The van der Waals surface area contributed by atoms with E-state index in [0.717, 1.165) is 6.42 Å². The second-order valence-electron chi connectivity index (χ2n) is 8.39. The topological polar surface area (TPSA) is 238 Å². The SMILES string of the molecule is CC(C)C(NC(=O)C(CC(=O)O)NC(=O)C(CCCN=C(N)N)NC(=O)C1CCCN1)C(=O)O. The molecule has 1 fully saturated rings. The molecule has 1 saturated heterocycles. The van der Waals surface area contributed by atoms with Crippen LogP contribution in [0.1, 0.15) is 46.0 Å². The standard InChI is InChI=1S/C20H35N7O7/c1-10(2)15(19(33)34)27-18(32)13(9-14(28)29)26-17(31)12(6-4-8-24-20(21)22)25-16(30)11-5-3-7-23-11/h10-13,15,23H,3-9H2,1-2H3,(H,25,30)(H,26,31)(H,27,32)(H,28,29)(H,33,34)(H4,21,22,24). The zero-order chi connectivity index (χ0) is 25.8. The highest BCUT2D eigenvalue weighted by atomic mass is 16.4. The average Bonchev–Trinajstić information content (AvgIpc) is 3.27.